The first-order chi connectivity index (χ1) is 10.2. The van der Waals surface area contributed by atoms with E-state index in [9.17, 15) is 9.59 Å². The van der Waals surface area contributed by atoms with Gasteiger partial charge in [0.05, 0.1) is 0 Å². The summed E-state index contributed by atoms with van der Waals surface area (Å²) in [5, 5.41) is 0. The van der Waals surface area contributed by atoms with E-state index in [1.165, 1.54) is 0 Å². The Labute approximate surface area is 126 Å². The van der Waals surface area contributed by atoms with E-state index in [1.807, 2.05) is 43.0 Å². The number of Topliss-reactive ketones (excluding diaryl/α,β-unsaturated/α-hetero) is 1. The Morgan fingerprint density at radius 2 is 1.81 bits per heavy atom. The third kappa shape index (κ3) is 3.84. The van der Waals surface area contributed by atoms with Crippen molar-refractivity contribution in [3.05, 3.63) is 29.8 Å². The zero-order chi connectivity index (χ0) is 15.2. The zero-order valence-corrected chi connectivity index (χ0v) is 13.0. The van der Waals surface area contributed by atoms with Crippen molar-refractivity contribution in [1.29, 1.82) is 0 Å². The lowest BCUT2D eigenvalue weighted by Gasteiger charge is -2.36. The molecule has 0 spiro atoms. The average molecular weight is 288 g/mol. The lowest BCUT2D eigenvalue weighted by molar-refractivity contribution is -0.131. The number of carbonyl (C=O) groups excluding carboxylic acids is 2. The Balaban J connectivity index is 1.99. The van der Waals surface area contributed by atoms with Gasteiger partial charge in [-0.05, 0) is 18.6 Å². The van der Waals surface area contributed by atoms with Crippen LogP contribution in [0.2, 0.25) is 0 Å². The molecule has 1 aliphatic heterocycles. The van der Waals surface area contributed by atoms with Gasteiger partial charge >= 0.3 is 0 Å². The van der Waals surface area contributed by atoms with Crippen molar-refractivity contribution >= 4 is 17.4 Å². The van der Waals surface area contributed by atoms with Gasteiger partial charge in [0.1, 0.15) is 0 Å². The number of hydrogen-bond acceptors (Lipinski definition) is 3. The van der Waals surface area contributed by atoms with Crippen LogP contribution in [0.1, 0.15) is 43.5 Å². The fraction of sp³-hybridized carbons (Fsp3) is 0.529. The molecule has 0 unspecified atom stereocenters. The molecule has 1 fully saturated rings. The zero-order valence-electron chi connectivity index (χ0n) is 13.0. The second kappa shape index (κ2) is 7.25. The molecule has 0 radical (unpaired) electrons. The largest absolute Gasteiger partial charge is 0.368 e. The number of carbonyl (C=O) groups is 2. The summed E-state index contributed by atoms with van der Waals surface area (Å²) in [6.45, 7) is 7.12. The number of nitrogens with zero attached hydrogens (tertiary/aromatic N) is 2. The number of ketones is 1. The van der Waals surface area contributed by atoms with Gasteiger partial charge in [0.15, 0.2) is 5.78 Å². The highest BCUT2D eigenvalue weighted by Crippen LogP contribution is 2.19. The number of hydrogen-bond donors (Lipinski definition) is 0. The van der Waals surface area contributed by atoms with Crippen LogP contribution in [-0.4, -0.2) is 42.8 Å². The first-order valence-corrected chi connectivity index (χ1v) is 7.81. The Kier molecular flexibility index (Phi) is 5.37. The molecule has 0 atom stereocenters. The molecule has 2 rings (SSSR count). The Bertz CT molecular complexity index is 505. The van der Waals surface area contributed by atoms with E-state index in [4.69, 9.17) is 0 Å². The highest BCUT2D eigenvalue weighted by Gasteiger charge is 2.20. The lowest BCUT2D eigenvalue weighted by atomic mass is 10.1. The van der Waals surface area contributed by atoms with Crippen LogP contribution in [0.3, 0.4) is 0 Å². The Morgan fingerprint density at radius 1 is 1.10 bits per heavy atom. The van der Waals surface area contributed by atoms with E-state index in [-0.39, 0.29) is 11.7 Å². The standard InChI is InChI=1S/C17H24N2O2/c1-3-6-17(21)19-11-9-18(10-12-19)15-8-5-7-14(13-15)16(20)4-2/h5,7-8,13H,3-4,6,9-12H2,1-2H3. The summed E-state index contributed by atoms with van der Waals surface area (Å²) < 4.78 is 0. The summed E-state index contributed by atoms with van der Waals surface area (Å²) in [7, 11) is 0. The fourth-order valence-corrected chi connectivity index (χ4v) is 2.67. The van der Waals surface area contributed by atoms with E-state index in [2.05, 4.69) is 4.90 Å². The average Bonchev–Trinajstić information content (AvgIpc) is 2.54. The van der Waals surface area contributed by atoms with Gasteiger partial charge in [0.2, 0.25) is 5.91 Å². The number of rotatable bonds is 5. The summed E-state index contributed by atoms with van der Waals surface area (Å²) in [5.74, 6) is 0.431. The van der Waals surface area contributed by atoms with Crippen molar-refractivity contribution in [3.8, 4) is 0 Å². The molecule has 21 heavy (non-hydrogen) atoms. The molecule has 1 amide bonds. The van der Waals surface area contributed by atoms with Crippen molar-refractivity contribution < 1.29 is 9.59 Å². The SMILES string of the molecule is CCCC(=O)N1CCN(c2cccc(C(=O)CC)c2)CC1. The first kappa shape index (κ1) is 15.5. The molecule has 0 aliphatic carbocycles. The molecule has 114 valence electrons. The molecule has 4 heteroatoms. The molecular weight excluding hydrogens is 264 g/mol. The second-order valence-corrected chi connectivity index (χ2v) is 5.44. The van der Waals surface area contributed by atoms with E-state index >= 15 is 0 Å². The third-order valence-electron chi connectivity index (χ3n) is 3.95. The van der Waals surface area contributed by atoms with Crippen LogP contribution in [0.25, 0.3) is 0 Å². The molecule has 1 saturated heterocycles. The molecule has 1 aromatic rings. The van der Waals surface area contributed by atoms with Gasteiger partial charge < -0.3 is 9.80 Å². The number of piperazine rings is 1. The third-order valence-corrected chi connectivity index (χ3v) is 3.95. The van der Waals surface area contributed by atoms with Crippen molar-refractivity contribution in [2.24, 2.45) is 0 Å². The molecule has 4 nitrogen and oxygen atoms in total. The highest BCUT2D eigenvalue weighted by molar-refractivity contribution is 5.96. The van der Waals surface area contributed by atoms with Crippen LogP contribution >= 0.6 is 0 Å². The summed E-state index contributed by atoms with van der Waals surface area (Å²) in [5.41, 5.74) is 1.86. The highest BCUT2D eigenvalue weighted by atomic mass is 16.2. The van der Waals surface area contributed by atoms with E-state index in [0.717, 1.165) is 43.9 Å². The van der Waals surface area contributed by atoms with Crippen molar-refractivity contribution in [2.45, 2.75) is 33.1 Å². The van der Waals surface area contributed by atoms with E-state index in [0.29, 0.717) is 12.8 Å². The number of anilines is 1. The van der Waals surface area contributed by atoms with Gasteiger partial charge in [0.25, 0.3) is 0 Å². The van der Waals surface area contributed by atoms with Crippen LogP contribution < -0.4 is 4.90 Å². The second-order valence-electron chi connectivity index (χ2n) is 5.44. The predicted molar refractivity (Wildman–Crippen MR) is 84.8 cm³/mol. The lowest BCUT2D eigenvalue weighted by Crippen LogP contribution is -2.48. The minimum atomic E-state index is 0.175. The number of amides is 1. The van der Waals surface area contributed by atoms with Crippen molar-refractivity contribution in [3.63, 3.8) is 0 Å². The van der Waals surface area contributed by atoms with E-state index in [1.54, 1.807) is 0 Å². The smallest absolute Gasteiger partial charge is 0.222 e. The van der Waals surface area contributed by atoms with Gasteiger partial charge in [-0.15, -0.1) is 0 Å². The molecule has 0 aromatic heterocycles. The molecule has 1 aromatic carbocycles. The molecular formula is C17H24N2O2. The van der Waals surface area contributed by atoms with Crippen LogP contribution in [0, 0.1) is 0 Å². The van der Waals surface area contributed by atoms with Crippen LogP contribution in [-0.2, 0) is 4.79 Å². The minimum absolute atomic E-state index is 0.175. The normalized spacial score (nSPS) is 15.1. The monoisotopic (exact) mass is 288 g/mol. The van der Waals surface area contributed by atoms with Crippen molar-refractivity contribution in [1.82, 2.24) is 4.90 Å². The molecule has 1 aliphatic rings. The summed E-state index contributed by atoms with van der Waals surface area (Å²) in [6.07, 6.45) is 2.07. The predicted octanol–water partition coefficient (Wildman–Crippen LogP) is 2.73. The first-order valence-electron chi connectivity index (χ1n) is 7.81. The van der Waals surface area contributed by atoms with Gasteiger partial charge in [-0.2, -0.15) is 0 Å². The maximum absolute atomic E-state index is 11.9. The van der Waals surface area contributed by atoms with Gasteiger partial charge in [-0.1, -0.05) is 26.0 Å². The Hall–Kier alpha value is -1.84. The quantitative estimate of drug-likeness (QED) is 0.782. The van der Waals surface area contributed by atoms with Crippen molar-refractivity contribution in [2.75, 3.05) is 31.1 Å². The molecule has 0 saturated carbocycles. The Morgan fingerprint density at radius 3 is 2.43 bits per heavy atom. The van der Waals surface area contributed by atoms with Crippen LogP contribution in [0.5, 0.6) is 0 Å². The minimum Gasteiger partial charge on any atom is -0.368 e. The maximum Gasteiger partial charge on any atom is 0.222 e. The maximum atomic E-state index is 11.9. The number of benzene rings is 1. The molecule has 0 N–H and O–H groups in total. The fourth-order valence-electron chi connectivity index (χ4n) is 2.67. The summed E-state index contributed by atoms with van der Waals surface area (Å²) in [4.78, 5) is 27.9. The van der Waals surface area contributed by atoms with Crippen LogP contribution in [0.4, 0.5) is 5.69 Å². The van der Waals surface area contributed by atoms with E-state index < -0.39 is 0 Å². The molecule has 0 bridgehead atoms. The van der Waals surface area contributed by atoms with Gasteiger partial charge in [-0.25, -0.2) is 0 Å². The summed E-state index contributed by atoms with van der Waals surface area (Å²) >= 11 is 0. The van der Waals surface area contributed by atoms with Gasteiger partial charge in [0, 0.05) is 50.3 Å². The summed E-state index contributed by atoms with van der Waals surface area (Å²) in [6, 6.07) is 7.81. The topological polar surface area (TPSA) is 40.6 Å². The molecule has 1 heterocycles. The van der Waals surface area contributed by atoms with Crippen LogP contribution in [0.15, 0.2) is 24.3 Å². The van der Waals surface area contributed by atoms with Gasteiger partial charge in [-0.3, -0.25) is 9.59 Å².